The minimum absolute atomic E-state index is 0.0463. The Morgan fingerprint density at radius 3 is 2.35 bits per heavy atom. The van der Waals surface area contributed by atoms with Crippen molar-refractivity contribution in [3.8, 4) is 16.9 Å². The second kappa shape index (κ2) is 11.3. The first-order valence-corrected chi connectivity index (χ1v) is 11.9. The zero-order valence-corrected chi connectivity index (χ0v) is 20.7. The summed E-state index contributed by atoms with van der Waals surface area (Å²) >= 11 is 0. The van der Waals surface area contributed by atoms with E-state index in [2.05, 4.69) is 4.98 Å². The van der Waals surface area contributed by atoms with Gasteiger partial charge in [-0.1, -0.05) is 24.3 Å². The van der Waals surface area contributed by atoms with E-state index in [1.54, 1.807) is 25.3 Å². The fourth-order valence-electron chi connectivity index (χ4n) is 4.25. The SMILES string of the molecule is Cc1c(-c2cccc(O)c2)c(=O)n(CCN(C)CCc2ccccn2)c(=O)n1Cc1c(F)cccc1F. The normalized spacial score (nSPS) is 11.3. The van der Waals surface area contributed by atoms with Crippen molar-refractivity contribution in [2.75, 3.05) is 20.1 Å². The molecule has 1 N–H and O–H groups in total. The third-order valence-electron chi connectivity index (χ3n) is 6.38. The highest BCUT2D eigenvalue weighted by molar-refractivity contribution is 5.66. The van der Waals surface area contributed by atoms with Crippen LogP contribution in [0.5, 0.6) is 5.75 Å². The highest BCUT2D eigenvalue weighted by Crippen LogP contribution is 2.23. The van der Waals surface area contributed by atoms with E-state index in [0.29, 0.717) is 25.1 Å². The van der Waals surface area contributed by atoms with Crippen LogP contribution in [0.2, 0.25) is 0 Å². The molecule has 4 rings (SSSR count). The molecule has 0 radical (unpaired) electrons. The molecular formula is C28H28F2N4O3. The Kier molecular flexibility index (Phi) is 7.93. The van der Waals surface area contributed by atoms with Gasteiger partial charge in [0.25, 0.3) is 5.56 Å². The minimum Gasteiger partial charge on any atom is -0.508 e. The van der Waals surface area contributed by atoms with Gasteiger partial charge in [-0.05, 0) is 55.9 Å². The first-order chi connectivity index (χ1) is 17.8. The molecule has 0 saturated carbocycles. The van der Waals surface area contributed by atoms with Crippen LogP contribution < -0.4 is 11.2 Å². The number of phenols is 1. The topological polar surface area (TPSA) is 80.4 Å². The molecule has 7 nitrogen and oxygen atoms in total. The second-order valence-corrected chi connectivity index (χ2v) is 8.91. The molecule has 0 spiro atoms. The van der Waals surface area contributed by atoms with Gasteiger partial charge < -0.3 is 10.0 Å². The molecule has 2 aromatic heterocycles. The van der Waals surface area contributed by atoms with Crippen LogP contribution in [0.4, 0.5) is 8.78 Å². The lowest BCUT2D eigenvalue weighted by Crippen LogP contribution is -2.44. The standard InChI is InChI=1S/C28H28F2N4O3/c1-19-26(20-7-5-9-22(35)17-20)27(36)33(16-15-32(2)14-12-21-8-3-4-13-31-21)28(37)34(19)18-23-24(29)10-6-11-25(23)30/h3-11,13,17,35H,12,14-16,18H2,1-2H3. The molecule has 0 aliphatic carbocycles. The summed E-state index contributed by atoms with van der Waals surface area (Å²) < 4.78 is 31.2. The number of likely N-dealkylation sites (N-methyl/N-ethyl adjacent to an activating group) is 1. The molecule has 37 heavy (non-hydrogen) atoms. The third-order valence-corrected chi connectivity index (χ3v) is 6.38. The Bertz CT molecular complexity index is 1500. The van der Waals surface area contributed by atoms with Crippen LogP contribution >= 0.6 is 0 Å². The molecule has 0 unspecified atom stereocenters. The van der Waals surface area contributed by atoms with Crippen molar-refractivity contribution in [3.05, 3.63) is 116 Å². The molecule has 0 aliphatic rings. The van der Waals surface area contributed by atoms with Gasteiger partial charge in [0.1, 0.15) is 17.4 Å². The monoisotopic (exact) mass is 506 g/mol. The second-order valence-electron chi connectivity index (χ2n) is 8.91. The molecule has 0 bridgehead atoms. The van der Waals surface area contributed by atoms with Gasteiger partial charge >= 0.3 is 5.69 Å². The van der Waals surface area contributed by atoms with Gasteiger partial charge in [0.05, 0.1) is 12.1 Å². The van der Waals surface area contributed by atoms with E-state index in [-0.39, 0.29) is 35.7 Å². The van der Waals surface area contributed by atoms with Crippen LogP contribution in [0, 0.1) is 18.6 Å². The number of benzene rings is 2. The highest BCUT2D eigenvalue weighted by Gasteiger charge is 2.20. The number of pyridine rings is 1. The first-order valence-electron chi connectivity index (χ1n) is 11.9. The number of hydrogen-bond acceptors (Lipinski definition) is 5. The maximum absolute atomic E-state index is 14.5. The van der Waals surface area contributed by atoms with E-state index in [9.17, 15) is 23.5 Å². The van der Waals surface area contributed by atoms with Crippen molar-refractivity contribution in [2.24, 2.45) is 0 Å². The average molecular weight is 507 g/mol. The number of nitrogens with zero attached hydrogens (tertiary/aromatic N) is 4. The number of aromatic nitrogens is 3. The van der Waals surface area contributed by atoms with E-state index < -0.39 is 22.9 Å². The van der Waals surface area contributed by atoms with Crippen LogP contribution in [0.15, 0.2) is 76.4 Å². The Morgan fingerprint density at radius 2 is 1.68 bits per heavy atom. The van der Waals surface area contributed by atoms with Gasteiger partial charge in [0.2, 0.25) is 0 Å². The first kappa shape index (κ1) is 26.0. The lowest BCUT2D eigenvalue weighted by atomic mass is 10.0. The number of phenolic OH excluding ortho intramolecular Hbond substituents is 1. The number of halogens is 2. The van der Waals surface area contributed by atoms with E-state index in [1.165, 1.54) is 22.8 Å². The Labute approximate surface area is 212 Å². The summed E-state index contributed by atoms with van der Waals surface area (Å²) in [7, 11) is 1.88. The Balaban J connectivity index is 1.72. The van der Waals surface area contributed by atoms with Gasteiger partial charge in [0, 0.05) is 49.2 Å². The van der Waals surface area contributed by atoms with Crippen molar-refractivity contribution >= 4 is 0 Å². The lowest BCUT2D eigenvalue weighted by Gasteiger charge is -2.20. The summed E-state index contributed by atoms with van der Waals surface area (Å²) in [4.78, 5) is 33.3. The molecule has 192 valence electrons. The summed E-state index contributed by atoms with van der Waals surface area (Å²) in [6, 6.07) is 15.3. The maximum Gasteiger partial charge on any atom is 0.331 e. The minimum atomic E-state index is -0.780. The van der Waals surface area contributed by atoms with E-state index in [0.717, 1.165) is 22.4 Å². The van der Waals surface area contributed by atoms with Crippen molar-refractivity contribution in [1.82, 2.24) is 19.0 Å². The molecule has 0 fully saturated rings. The summed E-state index contributed by atoms with van der Waals surface area (Å²) in [5, 5.41) is 10.00. The van der Waals surface area contributed by atoms with Crippen LogP contribution in [0.25, 0.3) is 11.1 Å². The summed E-state index contributed by atoms with van der Waals surface area (Å²) in [6.45, 7) is 2.29. The lowest BCUT2D eigenvalue weighted by molar-refractivity contribution is 0.315. The summed E-state index contributed by atoms with van der Waals surface area (Å²) in [5.41, 5.74) is 0.312. The van der Waals surface area contributed by atoms with Gasteiger partial charge in [-0.3, -0.25) is 18.9 Å². The Hall–Kier alpha value is -4.11. The van der Waals surface area contributed by atoms with E-state index in [1.807, 2.05) is 30.1 Å². The van der Waals surface area contributed by atoms with Crippen LogP contribution in [-0.4, -0.2) is 44.3 Å². The quantitative estimate of drug-likeness (QED) is 0.375. The van der Waals surface area contributed by atoms with Crippen molar-refractivity contribution < 1.29 is 13.9 Å². The largest absolute Gasteiger partial charge is 0.508 e. The Morgan fingerprint density at radius 1 is 0.946 bits per heavy atom. The number of aromatic hydroxyl groups is 1. The maximum atomic E-state index is 14.5. The fraction of sp³-hybridized carbons (Fsp3) is 0.250. The zero-order valence-electron chi connectivity index (χ0n) is 20.7. The van der Waals surface area contributed by atoms with Crippen molar-refractivity contribution in [2.45, 2.75) is 26.4 Å². The van der Waals surface area contributed by atoms with Gasteiger partial charge in [-0.15, -0.1) is 0 Å². The predicted octanol–water partition coefficient (Wildman–Crippen LogP) is 3.59. The average Bonchev–Trinajstić information content (AvgIpc) is 2.87. The van der Waals surface area contributed by atoms with E-state index >= 15 is 0 Å². The number of rotatable bonds is 9. The van der Waals surface area contributed by atoms with Gasteiger partial charge in [-0.25, -0.2) is 13.6 Å². The number of hydrogen-bond donors (Lipinski definition) is 1. The fourth-order valence-corrected chi connectivity index (χ4v) is 4.25. The molecule has 2 heterocycles. The van der Waals surface area contributed by atoms with E-state index in [4.69, 9.17) is 0 Å². The van der Waals surface area contributed by atoms with Crippen LogP contribution in [0.3, 0.4) is 0 Å². The molecule has 0 atom stereocenters. The third kappa shape index (κ3) is 5.83. The zero-order chi connectivity index (χ0) is 26.5. The van der Waals surface area contributed by atoms with Crippen molar-refractivity contribution in [3.63, 3.8) is 0 Å². The van der Waals surface area contributed by atoms with Gasteiger partial charge in [0.15, 0.2) is 0 Å². The summed E-state index contributed by atoms with van der Waals surface area (Å²) in [6.07, 6.45) is 2.43. The molecule has 4 aromatic rings. The highest BCUT2D eigenvalue weighted by atomic mass is 19.1. The molecule has 0 amide bonds. The van der Waals surface area contributed by atoms with Crippen LogP contribution in [-0.2, 0) is 19.5 Å². The predicted molar refractivity (Wildman–Crippen MR) is 138 cm³/mol. The van der Waals surface area contributed by atoms with Crippen molar-refractivity contribution in [1.29, 1.82) is 0 Å². The smallest absolute Gasteiger partial charge is 0.331 e. The molecule has 9 heteroatoms. The molecule has 2 aromatic carbocycles. The van der Waals surface area contributed by atoms with Crippen LogP contribution in [0.1, 0.15) is 17.0 Å². The molecule has 0 saturated heterocycles. The molecular weight excluding hydrogens is 478 g/mol. The van der Waals surface area contributed by atoms with Gasteiger partial charge in [-0.2, -0.15) is 0 Å². The summed E-state index contributed by atoms with van der Waals surface area (Å²) in [5.74, 6) is -1.61. The molecule has 0 aliphatic heterocycles.